The molecule has 66 valence electrons. The molecular formula is C8H10ClFN2. The minimum atomic E-state index is -0.272. The molecular weight excluding hydrogens is 179 g/mol. The van der Waals surface area contributed by atoms with Gasteiger partial charge in [0.1, 0.15) is 5.82 Å². The molecule has 0 amide bonds. The van der Waals surface area contributed by atoms with Crippen molar-refractivity contribution in [3.63, 3.8) is 0 Å². The first kappa shape index (κ1) is 9.45. The molecule has 0 saturated carbocycles. The van der Waals surface area contributed by atoms with Crippen LogP contribution in [-0.4, -0.2) is 6.54 Å². The molecule has 0 aromatic heterocycles. The number of rotatable bonds is 3. The van der Waals surface area contributed by atoms with E-state index in [1.165, 1.54) is 12.1 Å². The van der Waals surface area contributed by atoms with Crippen LogP contribution in [0.3, 0.4) is 0 Å². The fourth-order valence-electron chi connectivity index (χ4n) is 0.942. The largest absolute Gasteiger partial charge is 0.271 e. The van der Waals surface area contributed by atoms with Gasteiger partial charge in [0.05, 0.1) is 0 Å². The van der Waals surface area contributed by atoms with Crippen molar-refractivity contribution in [1.82, 2.24) is 5.43 Å². The molecule has 0 aliphatic rings. The molecule has 2 nitrogen and oxygen atoms in total. The van der Waals surface area contributed by atoms with E-state index in [1.54, 1.807) is 6.07 Å². The van der Waals surface area contributed by atoms with Gasteiger partial charge in [-0.2, -0.15) is 0 Å². The molecule has 0 fully saturated rings. The zero-order valence-corrected chi connectivity index (χ0v) is 7.24. The van der Waals surface area contributed by atoms with E-state index in [4.69, 9.17) is 17.4 Å². The van der Waals surface area contributed by atoms with Crippen LogP contribution < -0.4 is 11.3 Å². The lowest BCUT2D eigenvalue weighted by Crippen LogP contribution is -2.24. The molecule has 12 heavy (non-hydrogen) atoms. The number of hydrogen-bond acceptors (Lipinski definition) is 2. The first-order valence-electron chi connectivity index (χ1n) is 3.61. The zero-order valence-electron chi connectivity index (χ0n) is 6.48. The van der Waals surface area contributed by atoms with E-state index in [2.05, 4.69) is 5.43 Å². The van der Waals surface area contributed by atoms with Gasteiger partial charge in [0, 0.05) is 11.6 Å². The lowest BCUT2D eigenvalue weighted by Gasteiger charge is -2.02. The first-order valence-corrected chi connectivity index (χ1v) is 3.99. The second-order valence-corrected chi connectivity index (χ2v) is 2.85. The van der Waals surface area contributed by atoms with E-state index in [-0.39, 0.29) is 5.82 Å². The Kier molecular flexibility index (Phi) is 3.47. The van der Waals surface area contributed by atoms with Crippen LogP contribution in [0.25, 0.3) is 0 Å². The van der Waals surface area contributed by atoms with Gasteiger partial charge in [-0.3, -0.25) is 11.3 Å². The molecule has 3 N–H and O–H groups in total. The minimum absolute atomic E-state index is 0.272. The Morgan fingerprint density at radius 2 is 2.25 bits per heavy atom. The number of halogens is 2. The summed E-state index contributed by atoms with van der Waals surface area (Å²) in [5, 5.41) is 0.576. The summed E-state index contributed by atoms with van der Waals surface area (Å²) in [6, 6.07) is 4.30. The van der Waals surface area contributed by atoms with Gasteiger partial charge >= 0.3 is 0 Å². The van der Waals surface area contributed by atoms with Crippen LogP contribution in [0.4, 0.5) is 4.39 Å². The monoisotopic (exact) mass is 188 g/mol. The third-order valence-electron chi connectivity index (χ3n) is 1.55. The van der Waals surface area contributed by atoms with Gasteiger partial charge in [0.2, 0.25) is 0 Å². The molecule has 1 rings (SSSR count). The van der Waals surface area contributed by atoms with Crippen molar-refractivity contribution in [1.29, 1.82) is 0 Å². The Bertz CT molecular complexity index is 265. The van der Waals surface area contributed by atoms with Crippen molar-refractivity contribution in [2.24, 2.45) is 5.84 Å². The molecule has 1 aromatic carbocycles. The van der Waals surface area contributed by atoms with Crippen molar-refractivity contribution >= 4 is 11.6 Å². The van der Waals surface area contributed by atoms with E-state index < -0.39 is 0 Å². The van der Waals surface area contributed by atoms with Gasteiger partial charge in [0.15, 0.2) is 0 Å². The van der Waals surface area contributed by atoms with Crippen LogP contribution in [0.15, 0.2) is 18.2 Å². The lowest BCUT2D eigenvalue weighted by molar-refractivity contribution is 0.623. The van der Waals surface area contributed by atoms with E-state index in [1.807, 2.05) is 0 Å². The minimum Gasteiger partial charge on any atom is -0.271 e. The Morgan fingerprint density at radius 1 is 1.50 bits per heavy atom. The highest BCUT2D eigenvalue weighted by Crippen LogP contribution is 2.16. The van der Waals surface area contributed by atoms with Crippen molar-refractivity contribution in [2.75, 3.05) is 6.54 Å². The fourth-order valence-corrected chi connectivity index (χ4v) is 1.15. The predicted octanol–water partition coefficient (Wildman–Crippen LogP) is 1.48. The molecule has 0 heterocycles. The summed E-state index contributed by atoms with van der Waals surface area (Å²) in [5.74, 6) is 4.81. The standard InChI is InChI=1S/C8H10ClFN2/c9-8-2-1-7(10)5-6(8)3-4-12-11/h1-2,5,12H,3-4,11H2. The Morgan fingerprint density at radius 3 is 2.92 bits per heavy atom. The second kappa shape index (κ2) is 4.40. The molecule has 0 radical (unpaired) electrons. The topological polar surface area (TPSA) is 38.0 Å². The van der Waals surface area contributed by atoms with Gasteiger partial charge in [-0.25, -0.2) is 4.39 Å². The molecule has 0 spiro atoms. The number of hydrogen-bond donors (Lipinski definition) is 2. The SMILES string of the molecule is NNCCc1cc(F)ccc1Cl. The number of nitrogens with one attached hydrogen (secondary N) is 1. The van der Waals surface area contributed by atoms with Gasteiger partial charge in [-0.1, -0.05) is 11.6 Å². The van der Waals surface area contributed by atoms with Gasteiger partial charge in [0.25, 0.3) is 0 Å². The maximum absolute atomic E-state index is 12.7. The Labute approximate surface area is 75.5 Å². The van der Waals surface area contributed by atoms with Crippen molar-refractivity contribution in [3.05, 3.63) is 34.6 Å². The van der Waals surface area contributed by atoms with Crippen LogP contribution in [0.1, 0.15) is 5.56 Å². The smallest absolute Gasteiger partial charge is 0.123 e. The Hall–Kier alpha value is -0.640. The van der Waals surface area contributed by atoms with Crippen LogP contribution >= 0.6 is 11.6 Å². The highest BCUT2D eigenvalue weighted by atomic mass is 35.5. The van der Waals surface area contributed by atoms with Crippen LogP contribution in [-0.2, 0) is 6.42 Å². The lowest BCUT2D eigenvalue weighted by atomic mass is 10.1. The molecule has 1 aromatic rings. The second-order valence-electron chi connectivity index (χ2n) is 2.44. The van der Waals surface area contributed by atoms with E-state index >= 15 is 0 Å². The number of nitrogens with two attached hydrogens (primary N) is 1. The number of benzene rings is 1. The number of hydrazine groups is 1. The molecule has 4 heteroatoms. The molecule has 0 atom stereocenters. The van der Waals surface area contributed by atoms with Crippen LogP contribution in [0.2, 0.25) is 5.02 Å². The summed E-state index contributed by atoms with van der Waals surface area (Å²) in [5.41, 5.74) is 3.25. The molecule has 0 bridgehead atoms. The van der Waals surface area contributed by atoms with Gasteiger partial charge in [-0.15, -0.1) is 0 Å². The third kappa shape index (κ3) is 2.44. The average molecular weight is 189 g/mol. The van der Waals surface area contributed by atoms with E-state index in [9.17, 15) is 4.39 Å². The van der Waals surface area contributed by atoms with Crippen LogP contribution in [0, 0.1) is 5.82 Å². The zero-order chi connectivity index (χ0) is 8.97. The Balaban J connectivity index is 2.75. The highest BCUT2D eigenvalue weighted by Gasteiger charge is 2.00. The molecule has 0 unspecified atom stereocenters. The summed E-state index contributed by atoms with van der Waals surface area (Å²) in [6.07, 6.45) is 0.632. The van der Waals surface area contributed by atoms with E-state index in [0.717, 1.165) is 5.56 Å². The first-order chi connectivity index (χ1) is 5.74. The maximum atomic E-state index is 12.7. The van der Waals surface area contributed by atoms with Crippen molar-refractivity contribution < 1.29 is 4.39 Å². The van der Waals surface area contributed by atoms with Crippen molar-refractivity contribution in [3.8, 4) is 0 Å². The quantitative estimate of drug-likeness (QED) is 0.557. The molecule has 0 aliphatic heterocycles. The summed E-state index contributed by atoms with van der Waals surface area (Å²) in [4.78, 5) is 0. The van der Waals surface area contributed by atoms with Gasteiger partial charge < -0.3 is 0 Å². The van der Waals surface area contributed by atoms with E-state index in [0.29, 0.717) is 18.0 Å². The molecule has 0 aliphatic carbocycles. The third-order valence-corrected chi connectivity index (χ3v) is 1.92. The summed E-state index contributed by atoms with van der Waals surface area (Å²) >= 11 is 5.80. The maximum Gasteiger partial charge on any atom is 0.123 e. The summed E-state index contributed by atoms with van der Waals surface area (Å²) in [6.45, 7) is 0.586. The van der Waals surface area contributed by atoms with Crippen LogP contribution in [0.5, 0.6) is 0 Å². The fraction of sp³-hybridized carbons (Fsp3) is 0.250. The highest BCUT2D eigenvalue weighted by molar-refractivity contribution is 6.31. The van der Waals surface area contributed by atoms with Crippen molar-refractivity contribution in [2.45, 2.75) is 6.42 Å². The average Bonchev–Trinajstić information content (AvgIpc) is 2.07. The summed E-state index contributed by atoms with van der Waals surface area (Å²) < 4.78 is 12.7. The van der Waals surface area contributed by atoms with Gasteiger partial charge in [-0.05, 0) is 30.2 Å². The normalized spacial score (nSPS) is 10.2. The summed E-state index contributed by atoms with van der Waals surface area (Å²) in [7, 11) is 0. The predicted molar refractivity (Wildman–Crippen MR) is 47.3 cm³/mol. The molecule has 0 saturated heterocycles.